The second-order valence-electron chi connectivity index (χ2n) is 33.1. The lowest BCUT2D eigenvalue weighted by Gasteiger charge is -2.15. The van der Waals surface area contributed by atoms with Gasteiger partial charge in [-0.2, -0.15) is 0 Å². The van der Waals surface area contributed by atoms with Crippen molar-refractivity contribution in [1.29, 1.82) is 0 Å². The van der Waals surface area contributed by atoms with Gasteiger partial charge in [0.2, 0.25) is 0 Å². The highest BCUT2D eigenvalue weighted by Gasteiger charge is 2.32. The van der Waals surface area contributed by atoms with Crippen LogP contribution in [0.2, 0.25) is 41.6 Å². The van der Waals surface area contributed by atoms with Gasteiger partial charge in [-0.25, -0.2) is 49.8 Å². The Hall–Kier alpha value is -10.7. The number of benzene rings is 5. The number of nitrogens with zero attached hydrogens (tertiary/aromatic N) is 12. The predicted octanol–water partition coefficient (Wildman–Crippen LogP) is 24.4. The van der Waals surface area contributed by atoms with Gasteiger partial charge in [-0.05, 0) is 241 Å². The summed E-state index contributed by atoms with van der Waals surface area (Å²) in [5.41, 5.74) is 22.1. The van der Waals surface area contributed by atoms with Crippen LogP contribution in [0.1, 0.15) is 137 Å². The lowest BCUT2D eigenvalue weighted by molar-refractivity contribution is 0.204. The van der Waals surface area contributed by atoms with Gasteiger partial charge in [0.1, 0.15) is 34.8 Å². The molecule has 5 aromatic carbocycles. The van der Waals surface area contributed by atoms with Gasteiger partial charge in [0, 0.05) is 104 Å². The monoisotopic (exact) mass is 2030 g/mol. The number of aryl methyl sites for hydroxylation is 5. The number of hydrogen-bond donors (Lipinski definition) is 8. The Morgan fingerprint density at radius 2 is 0.790 bits per heavy atom. The first-order valence-electron chi connectivity index (χ1n) is 45.6. The lowest BCUT2D eigenvalue weighted by Crippen LogP contribution is -2.24. The molecule has 704 valence electrons. The molecule has 10 aromatic heterocycles. The molecule has 5 aliphatic heterocycles. The number of halogens is 5. The number of rotatable bonds is 25. The van der Waals surface area contributed by atoms with Crippen LogP contribution in [0.25, 0.3) is 53.5 Å². The van der Waals surface area contributed by atoms with E-state index in [1.807, 2.05) is 168 Å². The van der Waals surface area contributed by atoms with Crippen molar-refractivity contribution in [2.45, 2.75) is 160 Å². The molecule has 1 unspecified atom stereocenters. The lowest BCUT2D eigenvalue weighted by atomic mass is 9.64. The zero-order valence-corrected chi connectivity index (χ0v) is 85.9. The highest BCUT2D eigenvalue weighted by molar-refractivity contribution is 7.20. The molecule has 5 aliphatic rings. The molecule has 1 atom stereocenters. The number of aromatic nitrogens is 10. The zero-order chi connectivity index (χ0) is 97.0. The maximum absolute atomic E-state index is 9.56. The van der Waals surface area contributed by atoms with Crippen LogP contribution < -0.4 is 36.7 Å². The molecular weight excluding hydrogens is 1930 g/mol. The van der Waals surface area contributed by atoms with Gasteiger partial charge in [0.15, 0.2) is 40.9 Å². The molecule has 1 saturated heterocycles. The largest absolute Gasteiger partial charge is 0.560 e. The van der Waals surface area contributed by atoms with Gasteiger partial charge in [-0.3, -0.25) is 9.98 Å². The molecule has 0 bridgehead atoms. The SMILES string of the molecule is CCc1c(C)nc(-c2ccc(Cl)s2)nc1NCc1ccc2c(c1)COB2C.CCc1c(C)nc(-c2ccc(Cl)s2)nc1Nc1ccc(C2=NCB(O)O2)cc1.CCc1c(C)nc(-c2ccc(Cl)s2)nc1Nc1ccc(C2CCB(O)O2)cc1.CCc1c(C)nc(-c2ccc(Cl)s2)nc1Nc1ccc(CC2=NCB(O)O2)cc1.CCc1c(C)nc(-c2ccc(Cl)s2)nc1Nc1ccc2c(c1)OB(C)C2. The molecule has 40 heteroatoms. The van der Waals surface area contributed by atoms with Gasteiger partial charge in [0.05, 0.1) is 71.7 Å². The summed E-state index contributed by atoms with van der Waals surface area (Å²) in [7, 11) is -2.32. The quantitative estimate of drug-likeness (QED) is 0.0246. The third-order valence-electron chi connectivity index (χ3n) is 23.4. The summed E-state index contributed by atoms with van der Waals surface area (Å²) in [4.78, 5) is 60.3. The van der Waals surface area contributed by atoms with Crippen molar-refractivity contribution < 1.29 is 38.3 Å². The Bertz CT molecular complexity index is 6930. The van der Waals surface area contributed by atoms with E-state index in [-0.39, 0.29) is 26.4 Å². The number of hydrogen-bond acceptors (Lipinski definition) is 30. The number of aliphatic imine (C=N–C) groups is 2. The van der Waals surface area contributed by atoms with Crippen LogP contribution in [-0.4, -0.2) is 125 Å². The van der Waals surface area contributed by atoms with E-state index < -0.39 is 21.4 Å². The first-order chi connectivity index (χ1) is 66.6. The maximum atomic E-state index is 9.56. The molecular formula is C98H99B5Cl5N17O8S5. The Kier molecular flexibility index (Phi) is 33.5. The first-order valence-corrected chi connectivity index (χ1v) is 51.5. The van der Waals surface area contributed by atoms with Crippen LogP contribution >= 0.6 is 115 Å². The maximum Gasteiger partial charge on any atom is 0.546 e. The summed E-state index contributed by atoms with van der Waals surface area (Å²) >= 11 is 37.8. The fraction of sp³-hybridized carbons (Fsp3) is 0.265. The third-order valence-corrected chi connectivity index (χ3v) is 29.5. The van der Waals surface area contributed by atoms with Crippen LogP contribution in [0, 0.1) is 34.6 Å². The highest BCUT2D eigenvalue weighted by atomic mass is 35.5. The Balaban J connectivity index is 0.000000125. The highest BCUT2D eigenvalue weighted by Crippen LogP contribution is 2.41. The molecule has 15 heterocycles. The second-order valence-corrected chi connectivity index (χ2v) is 41.7. The fourth-order valence-corrected chi connectivity index (χ4v) is 21.3. The summed E-state index contributed by atoms with van der Waals surface area (Å²) in [5.74, 6) is 9.56. The average molecular weight is 2030 g/mol. The van der Waals surface area contributed by atoms with E-state index in [0.717, 1.165) is 225 Å². The molecule has 1 fully saturated rings. The van der Waals surface area contributed by atoms with E-state index in [0.29, 0.717) is 69.6 Å². The molecule has 8 N–H and O–H groups in total. The Morgan fingerprint density at radius 1 is 0.399 bits per heavy atom. The molecule has 15 aromatic rings. The van der Waals surface area contributed by atoms with Crippen molar-refractivity contribution in [2.75, 3.05) is 39.5 Å². The summed E-state index contributed by atoms with van der Waals surface area (Å²) in [6.45, 7) is 26.6. The van der Waals surface area contributed by atoms with E-state index >= 15 is 0 Å². The fourth-order valence-electron chi connectivity index (χ4n) is 16.4. The van der Waals surface area contributed by atoms with Crippen molar-refractivity contribution in [3.8, 4) is 59.3 Å². The van der Waals surface area contributed by atoms with E-state index in [1.54, 1.807) is 0 Å². The van der Waals surface area contributed by atoms with E-state index in [9.17, 15) is 15.1 Å². The second kappa shape index (κ2) is 46.2. The minimum Gasteiger partial charge on any atom is -0.560 e. The van der Waals surface area contributed by atoms with E-state index in [2.05, 4.69) is 146 Å². The standard InChI is InChI=1S/C20H20BClN4O2S.C20H21BClN3O2S.C20H21BClN3OS.C19H18BClN4O2S.C19H19BClN3OS/c1-3-15-12(2)24-20(16-8-9-17(22)29-16)26-19(15)25-14-6-4-13(5-7-14)10-18-23-11-21(27)28-18;1-3-15-12(2)23-20(17-8-9-18(22)28-17)25-19(15)24-14-6-4-13(5-7-14)16-10-11-21(26)27-16;1-4-15-12(2)24-20(17-7-8-18(22)27-17)25-19(15)23-10-13-5-6-16-14(9-13)11-26-21(16)3;1-3-14-11(2)23-18(15-8-9-16(21)28-15)25-17(14)24-13-6-4-12(5-7-13)19-22-10-20(26)27-19;1-4-14-11(2)22-19(16-7-8-17(21)26-16)24-18(14)23-13-6-5-12-10-20(3)25-15(12)9-13/h4-9,27H,3,10-11H2,1-2H3,(H,24,25,26);4-9,16,26H,3,10-11H2,1-2H3,(H,23,24,25);5-9H,4,10-11H2,1-3H3,(H,23,24,25);4-9,26H,3,10H2,1-2H3,(H,23,24,25);5-9H,4,10H2,1-3H3,(H,22,23,24). The van der Waals surface area contributed by atoms with Crippen LogP contribution in [-0.2, 0) is 76.6 Å². The van der Waals surface area contributed by atoms with Crippen molar-refractivity contribution in [1.82, 2.24) is 49.8 Å². The zero-order valence-electron chi connectivity index (χ0n) is 78.0. The van der Waals surface area contributed by atoms with Crippen LogP contribution in [0.5, 0.6) is 5.75 Å². The topological polar surface area (TPSA) is 321 Å². The summed E-state index contributed by atoms with van der Waals surface area (Å²) < 4.78 is 31.3. The molecule has 20 rings (SSSR count). The van der Waals surface area contributed by atoms with Crippen molar-refractivity contribution in [3.05, 3.63) is 281 Å². The van der Waals surface area contributed by atoms with Gasteiger partial charge >= 0.3 is 35.2 Å². The average Bonchev–Trinajstić information content (AvgIpc) is 1.53. The summed E-state index contributed by atoms with van der Waals surface area (Å²) in [6.07, 6.45) is 7.82. The van der Waals surface area contributed by atoms with Gasteiger partial charge in [-0.1, -0.05) is 148 Å². The normalized spacial score (nSPS) is 13.9. The molecule has 25 nitrogen and oxygen atoms in total. The number of fused-ring (bicyclic) bond motifs is 2. The Labute approximate surface area is 849 Å². The first kappa shape index (κ1) is 100. The van der Waals surface area contributed by atoms with E-state index in [1.165, 1.54) is 78.8 Å². The number of nitrogens with one attached hydrogen (secondary N) is 5. The molecule has 0 radical (unpaired) electrons. The van der Waals surface area contributed by atoms with Gasteiger partial charge in [-0.15, -0.1) is 56.7 Å². The van der Waals surface area contributed by atoms with Crippen molar-refractivity contribution in [3.63, 3.8) is 0 Å². The summed E-state index contributed by atoms with van der Waals surface area (Å²) in [5, 5.41) is 45.7. The summed E-state index contributed by atoms with van der Waals surface area (Å²) in [6, 6.07) is 55.7. The minimum atomic E-state index is -0.854. The molecule has 0 saturated carbocycles. The minimum absolute atomic E-state index is 0.0354. The Morgan fingerprint density at radius 3 is 1.18 bits per heavy atom. The molecule has 0 spiro atoms. The van der Waals surface area contributed by atoms with Crippen LogP contribution in [0.4, 0.5) is 51.8 Å². The number of anilines is 9. The van der Waals surface area contributed by atoms with Gasteiger partial charge < -0.3 is 64.9 Å². The van der Waals surface area contributed by atoms with Crippen molar-refractivity contribution in [2.24, 2.45) is 9.98 Å². The predicted molar refractivity (Wildman–Crippen MR) is 574 cm³/mol. The number of thiophene rings is 5. The van der Waals surface area contributed by atoms with E-state index in [4.69, 9.17) is 106 Å². The van der Waals surface area contributed by atoms with Crippen LogP contribution in [0.15, 0.2) is 180 Å². The van der Waals surface area contributed by atoms with Crippen LogP contribution in [0.3, 0.4) is 0 Å². The smallest absolute Gasteiger partial charge is 0.546 e. The molecule has 0 amide bonds. The van der Waals surface area contributed by atoms with Gasteiger partial charge in [0.25, 0.3) is 0 Å². The van der Waals surface area contributed by atoms with Crippen molar-refractivity contribution >= 4 is 219 Å². The molecule has 0 aliphatic carbocycles. The molecule has 138 heavy (non-hydrogen) atoms. The third kappa shape index (κ3) is 25.2.